The van der Waals surface area contributed by atoms with E-state index in [4.69, 9.17) is 9.47 Å². The summed E-state index contributed by atoms with van der Waals surface area (Å²) in [6, 6.07) is 9.85. The number of phenols is 1. The van der Waals surface area contributed by atoms with Crippen molar-refractivity contribution in [2.45, 2.75) is 18.7 Å². The summed E-state index contributed by atoms with van der Waals surface area (Å²) in [7, 11) is 1.46. The van der Waals surface area contributed by atoms with E-state index in [0.29, 0.717) is 30.2 Å². The number of hydrogen-bond acceptors (Lipinski definition) is 4. The molecule has 1 N–H and O–H groups in total. The second-order valence-electron chi connectivity index (χ2n) is 5.64. The lowest BCUT2D eigenvalue weighted by Gasteiger charge is -2.13. The summed E-state index contributed by atoms with van der Waals surface area (Å²) in [5.74, 6) is 0.899. The fraction of sp³-hybridized carbons (Fsp3) is 0.278. The summed E-state index contributed by atoms with van der Waals surface area (Å²) in [5, 5.41) is 9.60. The van der Waals surface area contributed by atoms with Crippen LogP contribution in [0.4, 0.5) is 13.2 Å². The van der Waals surface area contributed by atoms with Gasteiger partial charge >= 0.3 is 6.18 Å². The summed E-state index contributed by atoms with van der Waals surface area (Å²) in [6.45, 7) is 0.357. The molecular formula is C18H16F3NO3. The Balaban J connectivity index is 1.65. The molecule has 1 unspecified atom stereocenters. The van der Waals surface area contributed by atoms with Crippen molar-refractivity contribution in [2.24, 2.45) is 4.99 Å². The molecule has 0 bridgehead atoms. The summed E-state index contributed by atoms with van der Waals surface area (Å²) in [5.41, 5.74) is 0.808. The van der Waals surface area contributed by atoms with Crippen molar-refractivity contribution >= 4 is 5.90 Å². The molecule has 25 heavy (non-hydrogen) atoms. The summed E-state index contributed by atoms with van der Waals surface area (Å²) in [4.78, 5) is 4.31. The van der Waals surface area contributed by atoms with E-state index in [0.717, 1.165) is 17.7 Å². The summed E-state index contributed by atoms with van der Waals surface area (Å²) < 4.78 is 48.6. The molecule has 1 heterocycles. The number of ether oxygens (including phenoxy) is 2. The Bertz CT molecular complexity index is 785. The number of halogens is 3. The highest BCUT2D eigenvalue weighted by Crippen LogP contribution is 2.32. The van der Waals surface area contributed by atoms with Gasteiger partial charge in [0.05, 0.1) is 19.2 Å². The van der Waals surface area contributed by atoms with E-state index in [2.05, 4.69) is 4.99 Å². The average molecular weight is 351 g/mol. The first-order valence-corrected chi connectivity index (χ1v) is 7.60. The van der Waals surface area contributed by atoms with Gasteiger partial charge in [-0.15, -0.1) is 0 Å². The van der Waals surface area contributed by atoms with E-state index >= 15 is 0 Å². The van der Waals surface area contributed by atoms with Crippen LogP contribution in [0.15, 0.2) is 47.5 Å². The first kappa shape index (κ1) is 17.1. The number of aliphatic imine (C=N–C) groups is 1. The molecular weight excluding hydrogens is 335 g/mol. The second-order valence-corrected chi connectivity index (χ2v) is 5.64. The van der Waals surface area contributed by atoms with Gasteiger partial charge in [-0.25, -0.2) is 0 Å². The second kappa shape index (κ2) is 6.66. The van der Waals surface area contributed by atoms with Crippen LogP contribution in [-0.4, -0.2) is 24.7 Å². The lowest BCUT2D eigenvalue weighted by molar-refractivity contribution is -0.137. The van der Waals surface area contributed by atoms with Gasteiger partial charge in [-0.2, -0.15) is 13.2 Å². The van der Waals surface area contributed by atoms with Crippen molar-refractivity contribution in [3.63, 3.8) is 0 Å². The Morgan fingerprint density at radius 1 is 1.20 bits per heavy atom. The van der Waals surface area contributed by atoms with Gasteiger partial charge in [0.15, 0.2) is 17.4 Å². The molecule has 7 heteroatoms. The number of methoxy groups -OCH3 is 1. The van der Waals surface area contributed by atoms with Gasteiger partial charge < -0.3 is 14.6 Å². The maximum Gasteiger partial charge on any atom is 0.416 e. The fourth-order valence-electron chi connectivity index (χ4n) is 2.59. The van der Waals surface area contributed by atoms with E-state index < -0.39 is 17.8 Å². The normalized spacial score (nSPS) is 17.1. The van der Waals surface area contributed by atoms with Crippen LogP contribution in [0.5, 0.6) is 11.5 Å². The highest BCUT2D eigenvalue weighted by molar-refractivity contribution is 5.80. The van der Waals surface area contributed by atoms with E-state index in [1.54, 1.807) is 12.1 Å². The SMILES string of the molecule is COc1cc(CC2=NCC(c3ccc(C(F)(F)F)cc3)O2)ccc1O. The van der Waals surface area contributed by atoms with Crippen LogP contribution in [0.1, 0.15) is 22.8 Å². The van der Waals surface area contributed by atoms with Crippen molar-refractivity contribution < 1.29 is 27.8 Å². The minimum atomic E-state index is -4.35. The number of aromatic hydroxyl groups is 1. The Morgan fingerprint density at radius 3 is 2.56 bits per heavy atom. The highest BCUT2D eigenvalue weighted by Gasteiger charge is 2.31. The Labute approximate surface area is 142 Å². The third-order valence-corrected chi connectivity index (χ3v) is 3.92. The van der Waals surface area contributed by atoms with Crippen LogP contribution in [0.3, 0.4) is 0 Å². The average Bonchev–Trinajstić information content (AvgIpc) is 3.04. The van der Waals surface area contributed by atoms with Crippen molar-refractivity contribution in [3.05, 3.63) is 59.2 Å². The molecule has 0 amide bonds. The number of hydrogen-bond donors (Lipinski definition) is 1. The van der Waals surface area contributed by atoms with E-state index in [1.165, 1.54) is 25.3 Å². The minimum absolute atomic E-state index is 0.0446. The van der Waals surface area contributed by atoms with Crippen molar-refractivity contribution in [1.29, 1.82) is 0 Å². The maximum absolute atomic E-state index is 12.6. The molecule has 1 atom stereocenters. The molecule has 0 radical (unpaired) electrons. The standard InChI is InChI=1S/C18H16F3NO3/c1-24-15-8-11(2-7-14(15)23)9-17-22-10-16(25-17)12-3-5-13(6-4-12)18(19,20)21/h2-8,16,23H,9-10H2,1H3. The predicted octanol–water partition coefficient (Wildman–Crippen LogP) is 4.13. The maximum atomic E-state index is 12.6. The third kappa shape index (κ3) is 3.87. The first-order valence-electron chi connectivity index (χ1n) is 7.60. The Morgan fingerprint density at radius 2 is 1.92 bits per heavy atom. The summed E-state index contributed by atoms with van der Waals surface area (Å²) >= 11 is 0. The molecule has 0 fully saturated rings. The summed E-state index contributed by atoms with van der Waals surface area (Å²) in [6.07, 6.45) is -4.33. The third-order valence-electron chi connectivity index (χ3n) is 3.92. The lowest BCUT2D eigenvalue weighted by Crippen LogP contribution is -2.09. The van der Waals surface area contributed by atoms with Gasteiger partial charge in [-0.1, -0.05) is 18.2 Å². The molecule has 0 aliphatic carbocycles. The molecule has 4 nitrogen and oxygen atoms in total. The molecule has 0 spiro atoms. The smallest absolute Gasteiger partial charge is 0.416 e. The van der Waals surface area contributed by atoms with Gasteiger partial charge in [0.25, 0.3) is 0 Å². The molecule has 1 aliphatic heterocycles. The zero-order valence-electron chi connectivity index (χ0n) is 13.4. The lowest BCUT2D eigenvalue weighted by atomic mass is 10.1. The van der Waals surface area contributed by atoms with Gasteiger partial charge in [0, 0.05) is 6.42 Å². The molecule has 2 aromatic carbocycles. The Hall–Kier alpha value is -2.70. The number of nitrogens with zero attached hydrogens (tertiary/aromatic N) is 1. The predicted molar refractivity (Wildman–Crippen MR) is 85.9 cm³/mol. The zero-order valence-corrected chi connectivity index (χ0v) is 13.4. The molecule has 2 aromatic rings. The molecule has 0 saturated heterocycles. The van der Waals surface area contributed by atoms with Gasteiger partial charge in [-0.3, -0.25) is 4.99 Å². The molecule has 1 aliphatic rings. The largest absolute Gasteiger partial charge is 0.504 e. The number of alkyl halides is 3. The van der Waals surface area contributed by atoms with Crippen LogP contribution < -0.4 is 4.74 Å². The van der Waals surface area contributed by atoms with Crippen molar-refractivity contribution in [3.8, 4) is 11.5 Å². The topological polar surface area (TPSA) is 51.0 Å². The number of benzene rings is 2. The highest BCUT2D eigenvalue weighted by atomic mass is 19.4. The minimum Gasteiger partial charge on any atom is -0.504 e. The monoisotopic (exact) mass is 351 g/mol. The van der Waals surface area contributed by atoms with Crippen LogP contribution in [0.25, 0.3) is 0 Å². The quantitative estimate of drug-likeness (QED) is 0.901. The molecule has 0 aromatic heterocycles. The number of rotatable bonds is 4. The van der Waals surface area contributed by atoms with Gasteiger partial charge in [-0.05, 0) is 35.4 Å². The van der Waals surface area contributed by atoms with Crippen LogP contribution in [-0.2, 0) is 17.3 Å². The van der Waals surface area contributed by atoms with E-state index in [1.807, 2.05) is 0 Å². The van der Waals surface area contributed by atoms with Crippen LogP contribution >= 0.6 is 0 Å². The molecule has 3 rings (SSSR count). The van der Waals surface area contributed by atoms with Gasteiger partial charge in [0.2, 0.25) is 0 Å². The van der Waals surface area contributed by atoms with Crippen LogP contribution in [0, 0.1) is 0 Å². The first-order chi connectivity index (χ1) is 11.9. The zero-order chi connectivity index (χ0) is 18.0. The van der Waals surface area contributed by atoms with E-state index in [-0.39, 0.29) is 5.75 Å². The molecule has 132 valence electrons. The fourth-order valence-corrected chi connectivity index (χ4v) is 2.59. The number of phenolic OH excluding ortho intramolecular Hbond substituents is 1. The Kier molecular flexibility index (Phi) is 4.57. The van der Waals surface area contributed by atoms with Gasteiger partial charge in [0.1, 0.15) is 6.10 Å². The van der Waals surface area contributed by atoms with E-state index in [9.17, 15) is 18.3 Å². The van der Waals surface area contributed by atoms with Crippen molar-refractivity contribution in [2.75, 3.05) is 13.7 Å². The molecule has 0 saturated carbocycles. The van der Waals surface area contributed by atoms with Crippen molar-refractivity contribution in [1.82, 2.24) is 0 Å². The van der Waals surface area contributed by atoms with Crippen LogP contribution in [0.2, 0.25) is 0 Å².